The zero-order valence-electron chi connectivity index (χ0n) is 25.7. The number of ether oxygens (including phenoxy) is 1. The van der Waals surface area contributed by atoms with Crippen molar-refractivity contribution in [2.75, 3.05) is 18.0 Å². The van der Waals surface area contributed by atoms with Crippen LogP contribution in [-0.4, -0.2) is 50.9 Å². The summed E-state index contributed by atoms with van der Waals surface area (Å²) in [7, 11) is -2.56. The summed E-state index contributed by atoms with van der Waals surface area (Å²) < 4.78 is 34.6. The minimum absolute atomic E-state index is 0.0748. The lowest BCUT2D eigenvalue weighted by molar-refractivity contribution is -0.140. The summed E-state index contributed by atoms with van der Waals surface area (Å²) in [6.45, 7) is 11.1. The van der Waals surface area contributed by atoms with Crippen LogP contribution >= 0.6 is 0 Å². The van der Waals surface area contributed by atoms with Gasteiger partial charge in [0.2, 0.25) is 11.8 Å². The van der Waals surface area contributed by atoms with Gasteiger partial charge in [-0.3, -0.25) is 13.9 Å². The van der Waals surface area contributed by atoms with Gasteiger partial charge in [-0.2, -0.15) is 0 Å². The van der Waals surface area contributed by atoms with Crippen molar-refractivity contribution in [1.29, 1.82) is 0 Å². The fourth-order valence-electron chi connectivity index (χ4n) is 4.58. The van der Waals surface area contributed by atoms with Gasteiger partial charge >= 0.3 is 0 Å². The van der Waals surface area contributed by atoms with E-state index in [9.17, 15) is 18.0 Å². The van der Waals surface area contributed by atoms with Crippen molar-refractivity contribution in [3.8, 4) is 5.75 Å². The highest BCUT2D eigenvalue weighted by atomic mass is 32.2. The van der Waals surface area contributed by atoms with E-state index >= 15 is 0 Å². The molecule has 0 heterocycles. The number of carbonyl (C=O) groups is 2. The molecule has 0 saturated heterocycles. The monoisotopic (exact) mass is 593 g/mol. The lowest BCUT2D eigenvalue weighted by Crippen LogP contribution is -2.53. The number of aryl methyl sites for hydroxylation is 3. The highest BCUT2D eigenvalue weighted by Gasteiger charge is 2.34. The number of hydrogen-bond donors (Lipinski definition) is 1. The van der Waals surface area contributed by atoms with Crippen molar-refractivity contribution in [2.45, 2.75) is 77.9 Å². The summed E-state index contributed by atoms with van der Waals surface area (Å²) in [5.74, 6) is -0.143. The number of hydrogen-bond acceptors (Lipinski definition) is 5. The van der Waals surface area contributed by atoms with Gasteiger partial charge in [-0.05, 0) is 93.6 Å². The molecule has 3 rings (SSSR count). The number of benzene rings is 3. The standard InChI is InChI=1S/C33H43N3O5S/c1-8-26(6)34-33(38)31(9-2)35(21-27-11-10-12-29(20-27)41-7)32(37)22-36(28-16-15-24(4)25(5)19-28)42(39,40)30-17-13-23(3)14-18-30/h10-20,26,31H,8-9,21-22H2,1-7H3,(H,34,38)/t26-,31+/m0/s1. The SMILES string of the molecule is CC[C@H](C(=O)N[C@@H](C)CC)N(Cc1cccc(OC)c1)C(=O)CN(c1ccc(C)c(C)c1)S(=O)(=O)c1ccc(C)cc1. The third-order valence-corrected chi connectivity index (χ3v) is 9.33. The second kappa shape index (κ2) is 14.4. The number of amides is 2. The molecular weight excluding hydrogens is 550 g/mol. The molecule has 2 atom stereocenters. The van der Waals surface area contributed by atoms with Gasteiger partial charge in [-0.15, -0.1) is 0 Å². The summed E-state index contributed by atoms with van der Waals surface area (Å²) in [6.07, 6.45) is 1.09. The predicted octanol–water partition coefficient (Wildman–Crippen LogP) is 5.54. The third-order valence-electron chi connectivity index (χ3n) is 7.54. The van der Waals surface area contributed by atoms with E-state index in [1.165, 1.54) is 4.90 Å². The summed E-state index contributed by atoms with van der Waals surface area (Å²) in [5, 5.41) is 2.99. The molecule has 0 aromatic heterocycles. The van der Waals surface area contributed by atoms with Crippen LogP contribution in [0.2, 0.25) is 0 Å². The average Bonchev–Trinajstić information content (AvgIpc) is 2.97. The smallest absolute Gasteiger partial charge is 0.264 e. The Morgan fingerprint density at radius 2 is 1.60 bits per heavy atom. The Labute approximate surface area is 250 Å². The molecule has 1 N–H and O–H groups in total. The van der Waals surface area contributed by atoms with E-state index in [1.807, 2.05) is 65.8 Å². The van der Waals surface area contributed by atoms with Crippen LogP contribution in [0.4, 0.5) is 5.69 Å². The van der Waals surface area contributed by atoms with Crippen LogP contribution in [0, 0.1) is 20.8 Å². The fraction of sp³-hybridized carbons (Fsp3) is 0.394. The summed E-state index contributed by atoms with van der Waals surface area (Å²) in [4.78, 5) is 29.2. The zero-order valence-corrected chi connectivity index (χ0v) is 26.5. The van der Waals surface area contributed by atoms with E-state index in [-0.39, 0.29) is 23.4 Å². The van der Waals surface area contributed by atoms with Crippen LogP contribution in [0.5, 0.6) is 5.75 Å². The highest BCUT2D eigenvalue weighted by molar-refractivity contribution is 7.92. The van der Waals surface area contributed by atoms with Crippen LogP contribution < -0.4 is 14.4 Å². The summed E-state index contributed by atoms with van der Waals surface area (Å²) in [5.41, 5.74) is 3.97. The van der Waals surface area contributed by atoms with Crippen LogP contribution in [0.15, 0.2) is 71.6 Å². The number of sulfonamides is 1. The number of carbonyl (C=O) groups excluding carboxylic acids is 2. The van der Waals surface area contributed by atoms with E-state index in [4.69, 9.17) is 4.74 Å². The Balaban J connectivity index is 2.09. The molecule has 0 spiro atoms. The lowest BCUT2D eigenvalue weighted by Gasteiger charge is -2.34. The number of methoxy groups -OCH3 is 1. The summed E-state index contributed by atoms with van der Waals surface area (Å²) in [6, 6.07) is 18.3. The van der Waals surface area contributed by atoms with Gasteiger partial charge in [0.25, 0.3) is 10.0 Å². The van der Waals surface area contributed by atoms with Crippen LogP contribution in [0.1, 0.15) is 55.9 Å². The second-order valence-corrected chi connectivity index (χ2v) is 12.6. The van der Waals surface area contributed by atoms with Crippen LogP contribution in [0.25, 0.3) is 0 Å². The zero-order chi connectivity index (χ0) is 31.0. The van der Waals surface area contributed by atoms with Crippen molar-refractivity contribution < 1.29 is 22.7 Å². The molecule has 42 heavy (non-hydrogen) atoms. The van der Waals surface area contributed by atoms with E-state index in [1.54, 1.807) is 49.6 Å². The molecule has 0 saturated carbocycles. The van der Waals surface area contributed by atoms with Gasteiger partial charge in [0, 0.05) is 12.6 Å². The average molecular weight is 594 g/mol. The largest absolute Gasteiger partial charge is 0.497 e. The minimum atomic E-state index is -4.12. The van der Waals surface area contributed by atoms with E-state index < -0.39 is 28.5 Å². The molecule has 3 aromatic rings. The second-order valence-electron chi connectivity index (χ2n) is 10.7. The Morgan fingerprint density at radius 1 is 0.905 bits per heavy atom. The van der Waals surface area contributed by atoms with Gasteiger partial charge in [-0.25, -0.2) is 8.42 Å². The highest BCUT2D eigenvalue weighted by Crippen LogP contribution is 2.27. The van der Waals surface area contributed by atoms with Gasteiger partial charge in [0.1, 0.15) is 18.3 Å². The molecule has 226 valence electrons. The number of anilines is 1. The molecule has 2 amide bonds. The molecule has 8 nitrogen and oxygen atoms in total. The molecule has 9 heteroatoms. The molecule has 0 bridgehead atoms. The number of nitrogens with zero attached hydrogens (tertiary/aromatic N) is 2. The first-order valence-corrected chi connectivity index (χ1v) is 15.7. The maximum atomic E-state index is 14.2. The molecule has 0 aliphatic carbocycles. The van der Waals surface area contributed by atoms with Crippen LogP contribution in [-0.2, 0) is 26.2 Å². The molecule has 0 aliphatic heterocycles. The first-order chi connectivity index (χ1) is 19.9. The van der Waals surface area contributed by atoms with E-state index in [2.05, 4.69) is 5.32 Å². The van der Waals surface area contributed by atoms with Crippen molar-refractivity contribution in [1.82, 2.24) is 10.2 Å². The number of nitrogens with one attached hydrogen (secondary N) is 1. The molecule has 0 aliphatic rings. The number of rotatable bonds is 13. The quantitative estimate of drug-likeness (QED) is 0.281. The molecular formula is C33H43N3O5S. The van der Waals surface area contributed by atoms with Crippen LogP contribution in [0.3, 0.4) is 0 Å². The Kier molecular flexibility index (Phi) is 11.2. The third kappa shape index (κ3) is 7.91. The molecule has 0 radical (unpaired) electrons. The van der Waals surface area contributed by atoms with Crippen molar-refractivity contribution in [3.05, 3.63) is 89.0 Å². The van der Waals surface area contributed by atoms with Crippen molar-refractivity contribution in [3.63, 3.8) is 0 Å². The van der Waals surface area contributed by atoms with Gasteiger partial charge in [-0.1, -0.05) is 49.7 Å². The normalized spacial score (nSPS) is 12.7. The fourth-order valence-corrected chi connectivity index (χ4v) is 5.98. The topological polar surface area (TPSA) is 96.0 Å². The van der Waals surface area contributed by atoms with Crippen molar-refractivity contribution >= 4 is 27.5 Å². The molecule has 0 unspecified atom stereocenters. The maximum absolute atomic E-state index is 14.2. The lowest BCUT2D eigenvalue weighted by atomic mass is 10.1. The Bertz CT molecular complexity index is 1490. The Hall–Kier alpha value is -3.85. The van der Waals surface area contributed by atoms with E-state index in [0.717, 1.165) is 33.0 Å². The molecule has 0 fully saturated rings. The van der Waals surface area contributed by atoms with Gasteiger partial charge < -0.3 is 15.0 Å². The minimum Gasteiger partial charge on any atom is -0.497 e. The van der Waals surface area contributed by atoms with Gasteiger partial charge in [0.15, 0.2) is 0 Å². The first-order valence-electron chi connectivity index (χ1n) is 14.3. The first kappa shape index (κ1) is 32.7. The predicted molar refractivity (Wildman–Crippen MR) is 167 cm³/mol. The van der Waals surface area contributed by atoms with Gasteiger partial charge in [0.05, 0.1) is 17.7 Å². The van der Waals surface area contributed by atoms with E-state index in [0.29, 0.717) is 17.9 Å². The summed E-state index contributed by atoms with van der Waals surface area (Å²) >= 11 is 0. The van der Waals surface area contributed by atoms with Crippen molar-refractivity contribution in [2.24, 2.45) is 0 Å². The Morgan fingerprint density at radius 3 is 2.19 bits per heavy atom. The maximum Gasteiger partial charge on any atom is 0.264 e. The molecule has 3 aromatic carbocycles.